The second kappa shape index (κ2) is 8.41. The summed E-state index contributed by atoms with van der Waals surface area (Å²) in [6.07, 6.45) is 1.84. The average molecular weight is 307 g/mol. The van der Waals surface area contributed by atoms with Crippen LogP contribution in [0.1, 0.15) is 38.7 Å². The van der Waals surface area contributed by atoms with Crippen molar-refractivity contribution in [2.45, 2.75) is 39.5 Å². The highest BCUT2D eigenvalue weighted by molar-refractivity contribution is 5.77. The van der Waals surface area contributed by atoms with Gasteiger partial charge in [-0.1, -0.05) is 32.0 Å². The number of rotatable bonds is 9. The summed E-state index contributed by atoms with van der Waals surface area (Å²) in [6, 6.07) is 7.82. The fourth-order valence-corrected chi connectivity index (χ4v) is 2.39. The zero-order valence-corrected chi connectivity index (χ0v) is 13.5. The van der Waals surface area contributed by atoms with Gasteiger partial charge in [0.2, 0.25) is 5.91 Å². The SMILES string of the molecule is COc1ccccc1CCCNC(=O)CC(C)(C)CC(=O)O. The van der Waals surface area contributed by atoms with E-state index >= 15 is 0 Å². The smallest absolute Gasteiger partial charge is 0.303 e. The number of carbonyl (C=O) groups excluding carboxylic acids is 1. The van der Waals surface area contributed by atoms with Crippen molar-refractivity contribution < 1.29 is 19.4 Å². The molecule has 0 saturated heterocycles. The number of carboxylic acid groups (broad SMARTS) is 1. The summed E-state index contributed by atoms with van der Waals surface area (Å²) in [7, 11) is 1.64. The van der Waals surface area contributed by atoms with E-state index in [1.807, 2.05) is 24.3 Å². The van der Waals surface area contributed by atoms with Gasteiger partial charge in [-0.25, -0.2) is 0 Å². The zero-order chi connectivity index (χ0) is 16.6. The molecule has 1 aromatic carbocycles. The van der Waals surface area contributed by atoms with E-state index in [4.69, 9.17) is 9.84 Å². The topological polar surface area (TPSA) is 75.6 Å². The van der Waals surface area contributed by atoms with Crippen LogP contribution in [-0.2, 0) is 16.0 Å². The van der Waals surface area contributed by atoms with E-state index in [9.17, 15) is 9.59 Å². The monoisotopic (exact) mass is 307 g/mol. The molecule has 1 aromatic rings. The average Bonchev–Trinajstić information content (AvgIpc) is 2.42. The summed E-state index contributed by atoms with van der Waals surface area (Å²) < 4.78 is 5.28. The molecule has 0 bridgehead atoms. The van der Waals surface area contributed by atoms with E-state index < -0.39 is 11.4 Å². The fourth-order valence-electron chi connectivity index (χ4n) is 2.39. The van der Waals surface area contributed by atoms with Gasteiger partial charge in [0.15, 0.2) is 0 Å². The Morgan fingerprint density at radius 3 is 2.55 bits per heavy atom. The molecule has 0 aliphatic rings. The lowest BCUT2D eigenvalue weighted by Gasteiger charge is -2.21. The van der Waals surface area contributed by atoms with Crippen molar-refractivity contribution in [2.75, 3.05) is 13.7 Å². The first-order chi connectivity index (χ1) is 10.3. The summed E-state index contributed by atoms with van der Waals surface area (Å²) >= 11 is 0. The quantitative estimate of drug-likeness (QED) is 0.688. The Bertz CT molecular complexity index is 511. The van der Waals surface area contributed by atoms with Crippen LogP contribution in [0, 0.1) is 5.41 Å². The van der Waals surface area contributed by atoms with Crippen LogP contribution < -0.4 is 10.1 Å². The highest BCUT2D eigenvalue weighted by Crippen LogP contribution is 2.24. The van der Waals surface area contributed by atoms with Crippen molar-refractivity contribution in [3.05, 3.63) is 29.8 Å². The van der Waals surface area contributed by atoms with Crippen molar-refractivity contribution in [2.24, 2.45) is 5.41 Å². The molecule has 0 fully saturated rings. The van der Waals surface area contributed by atoms with Gasteiger partial charge in [0.1, 0.15) is 5.75 Å². The van der Waals surface area contributed by atoms with Crippen LogP contribution >= 0.6 is 0 Å². The number of benzene rings is 1. The third-order valence-corrected chi connectivity index (χ3v) is 3.41. The van der Waals surface area contributed by atoms with E-state index in [-0.39, 0.29) is 18.7 Å². The lowest BCUT2D eigenvalue weighted by atomic mass is 9.85. The summed E-state index contributed by atoms with van der Waals surface area (Å²) in [5.41, 5.74) is 0.587. The molecule has 1 rings (SSSR count). The van der Waals surface area contributed by atoms with Gasteiger partial charge in [0.05, 0.1) is 13.5 Å². The molecule has 2 N–H and O–H groups in total. The predicted molar refractivity (Wildman–Crippen MR) is 85.0 cm³/mol. The number of methoxy groups -OCH3 is 1. The minimum atomic E-state index is -0.881. The number of nitrogens with one attached hydrogen (secondary N) is 1. The molecule has 122 valence electrons. The Labute approximate surface area is 131 Å². The number of amides is 1. The van der Waals surface area contributed by atoms with Crippen LogP contribution in [0.15, 0.2) is 24.3 Å². The molecule has 0 spiro atoms. The van der Waals surface area contributed by atoms with Crippen molar-refractivity contribution in [3.8, 4) is 5.75 Å². The number of carbonyl (C=O) groups is 2. The molecule has 0 heterocycles. The van der Waals surface area contributed by atoms with Crippen molar-refractivity contribution in [1.82, 2.24) is 5.32 Å². The molecule has 0 saturated carbocycles. The maximum Gasteiger partial charge on any atom is 0.303 e. The van der Waals surface area contributed by atoms with E-state index in [1.165, 1.54) is 0 Å². The van der Waals surface area contributed by atoms with Crippen LogP contribution in [0.2, 0.25) is 0 Å². The lowest BCUT2D eigenvalue weighted by Crippen LogP contribution is -2.30. The Balaban J connectivity index is 2.32. The lowest BCUT2D eigenvalue weighted by molar-refractivity contribution is -0.139. The molecule has 1 amide bonds. The molecule has 0 atom stereocenters. The largest absolute Gasteiger partial charge is 0.496 e. The Morgan fingerprint density at radius 2 is 1.91 bits per heavy atom. The van der Waals surface area contributed by atoms with Gasteiger partial charge in [-0.2, -0.15) is 0 Å². The maximum atomic E-state index is 11.8. The molecule has 0 aromatic heterocycles. The number of hydrogen-bond acceptors (Lipinski definition) is 3. The molecule has 0 aliphatic carbocycles. The van der Waals surface area contributed by atoms with E-state index in [0.717, 1.165) is 24.2 Å². The van der Waals surface area contributed by atoms with Crippen molar-refractivity contribution >= 4 is 11.9 Å². The third kappa shape index (κ3) is 6.61. The summed E-state index contributed by atoms with van der Waals surface area (Å²) in [5.74, 6) is -0.128. The first-order valence-corrected chi connectivity index (χ1v) is 7.44. The van der Waals surface area contributed by atoms with Gasteiger partial charge in [0.25, 0.3) is 0 Å². The number of carboxylic acids is 1. The Kier molecular flexibility index (Phi) is 6.89. The second-order valence-corrected chi connectivity index (χ2v) is 6.18. The minimum Gasteiger partial charge on any atom is -0.496 e. The zero-order valence-electron chi connectivity index (χ0n) is 13.5. The van der Waals surface area contributed by atoms with Crippen LogP contribution in [0.4, 0.5) is 0 Å². The first-order valence-electron chi connectivity index (χ1n) is 7.44. The predicted octanol–water partition coefficient (Wildman–Crippen LogP) is 2.64. The van der Waals surface area contributed by atoms with Crippen LogP contribution in [0.5, 0.6) is 5.75 Å². The molecule has 5 nitrogen and oxygen atoms in total. The molecule has 0 radical (unpaired) electrons. The van der Waals surface area contributed by atoms with E-state index in [2.05, 4.69) is 5.32 Å². The second-order valence-electron chi connectivity index (χ2n) is 6.18. The fraction of sp³-hybridized carbons (Fsp3) is 0.529. The van der Waals surface area contributed by atoms with Crippen LogP contribution in [-0.4, -0.2) is 30.6 Å². The summed E-state index contributed by atoms with van der Waals surface area (Å²) in [4.78, 5) is 22.6. The van der Waals surface area contributed by atoms with Gasteiger partial charge < -0.3 is 15.2 Å². The number of aryl methyl sites for hydroxylation is 1. The van der Waals surface area contributed by atoms with Gasteiger partial charge in [-0.15, -0.1) is 0 Å². The summed E-state index contributed by atoms with van der Waals surface area (Å²) in [6.45, 7) is 4.14. The normalized spacial score (nSPS) is 11.0. The number of hydrogen-bond donors (Lipinski definition) is 2. The number of para-hydroxylation sites is 1. The van der Waals surface area contributed by atoms with Gasteiger partial charge >= 0.3 is 5.97 Å². The molecular weight excluding hydrogens is 282 g/mol. The standard InChI is InChI=1S/C17H25NO4/c1-17(2,12-16(20)21)11-15(19)18-10-6-8-13-7-4-5-9-14(13)22-3/h4-5,7,9H,6,8,10-12H2,1-3H3,(H,18,19)(H,20,21). The molecule has 22 heavy (non-hydrogen) atoms. The molecular formula is C17H25NO4. The van der Waals surface area contributed by atoms with E-state index in [1.54, 1.807) is 21.0 Å². The highest BCUT2D eigenvalue weighted by Gasteiger charge is 2.24. The Hall–Kier alpha value is -2.04. The van der Waals surface area contributed by atoms with Gasteiger partial charge in [-0.05, 0) is 29.9 Å². The van der Waals surface area contributed by atoms with Gasteiger partial charge in [0, 0.05) is 13.0 Å². The van der Waals surface area contributed by atoms with E-state index in [0.29, 0.717) is 6.54 Å². The highest BCUT2D eigenvalue weighted by atomic mass is 16.5. The molecule has 0 aliphatic heterocycles. The van der Waals surface area contributed by atoms with Gasteiger partial charge in [-0.3, -0.25) is 9.59 Å². The minimum absolute atomic E-state index is 0.0123. The molecule has 0 unspecified atom stereocenters. The molecule has 5 heteroatoms. The first kappa shape index (κ1) is 18.0. The third-order valence-electron chi connectivity index (χ3n) is 3.41. The van der Waals surface area contributed by atoms with Crippen LogP contribution in [0.25, 0.3) is 0 Å². The Morgan fingerprint density at radius 1 is 1.23 bits per heavy atom. The van der Waals surface area contributed by atoms with Crippen molar-refractivity contribution in [1.29, 1.82) is 0 Å². The number of aliphatic carboxylic acids is 1. The van der Waals surface area contributed by atoms with Crippen LogP contribution in [0.3, 0.4) is 0 Å². The summed E-state index contributed by atoms with van der Waals surface area (Å²) in [5, 5.41) is 11.7. The maximum absolute atomic E-state index is 11.8. The number of ether oxygens (including phenoxy) is 1. The van der Waals surface area contributed by atoms with Crippen molar-refractivity contribution in [3.63, 3.8) is 0 Å².